The lowest BCUT2D eigenvalue weighted by atomic mass is 9.82. The lowest BCUT2D eigenvalue weighted by Crippen LogP contribution is -2.34. The van der Waals surface area contributed by atoms with E-state index in [2.05, 4.69) is 39.0 Å². The second kappa shape index (κ2) is 5.29. The molecule has 0 amide bonds. The Kier molecular flexibility index (Phi) is 4.30. The zero-order valence-electron chi connectivity index (χ0n) is 9.77. The number of nitrogens with two attached hydrogens (primary N) is 1. The van der Waals surface area contributed by atoms with Crippen molar-refractivity contribution in [3.63, 3.8) is 0 Å². The highest BCUT2D eigenvalue weighted by molar-refractivity contribution is 5.27. The van der Waals surface area contributed by atoms with Crippen LogP contribution in [0.25, 0.3) is 0 Å². The van der Waals surface area contributed by atoms with Crippen LogP contribution in [0.5, 0.6) is 0 Å². The summed E-state index contributed by atoms with van der Waals surface area (Å²) in [6.45, 7) is 6.40. The third-order valence-corrected chi connectivity index (χ3v) is 2.82. The summed E-state index contributed by atoms with van der Waals surface area (Å²) < 4.78 is 0. The number of benzene rings is 1. The van der Waals surface area contributed by atoms with E-state index in [1.165, 1.54) is 11.1 Å². The van der Waals surface area contributed by atoms with Crippen molar-refractivity contribution in [2.75, 3.05) is 6.61 Å². The Morgan fingerprint density at radius 3 is 2.47 bits per heavy atom. The third kappa shape index (κ3) is 3.05. The fourth-order valence-electron chi connectivity index (χ4n) is 2.12. The van der Waals surface area contributed by atoms with E-state index in [0.29, 0.717) is 5.92 Å². The molecule has 0 aliphatic carbocycles. The third-order valence-electron chi connectivity index (χ3n) is 2.82. The summed E-state index contributed by atoms with van der Waals surface area (Å²) in [5.74, 6) is 0.670. The Bertz CT molecular complexity index is 309. The fraction of sp³-hybridized carbons (Fsp3) is 0.538. The van der Waals surface area contributed by atoms with Gasteiger partial charge >= 0.3 is 0 Å². The second-order valence-corrected chi connectivity index (χ2v) is 4.53. The molecule has 0 radical (unpaired) electrons. The van der Waals surface area contributed by atoms with E-state index in [9.17, 15) is 0 Å². The van der Waals surface area contributed by atoms with Crippen molar-refractivity contribution in [3.8, 4) is 0 Å². The quantitative estimate of drug-likeness (QED) is 0.793. The Hall–Kier alpha value is -0.860. The lowest BCUT2D eigenvalue weighted by Gasteiger charge is -2.26. The van der Waals surface area contributed by atoms with Gasteiger partial charge in [-0.1, -0.05) is 43.7 Å². The monoisotopic (exact) mass is 207 g/mol. The minimum absolute atomic E-state index is 0.0385. The molecule has 0 aliphatic heterocycles. The second-order valence-electron chi connectivity index (χ2n) is 4.53. The standard InChI is InChI=1S/C13H21NO/c1-9(2)13(12(14)8-15)11-6-4-5-10(3)7-11/h4-7,9,12-13,15H,8,14H2,1-3H3. The number of aliphatic hydroxyl groups excluding tert-OH is 1. The van der Waals surface area contributed by atoms with Gasteiger partial charge < -0.3 is 10.8 Å². The zero-order chi connectivity index (χ0) is 11.4. The molecule has 1 aromatic rings. The summed E-state index contributed by atoms with van der Waals surface area (Å²) in [6, 6.07) is 8.19. The number of aryl methyl sites for hydroxylation is 1. The van der Waals surface area contributed by atoms with Crippen LogP contribution in [0.4, 0.5) is 0 Å². The zero-order valence-corrected chi connectivity index (χ0v) is 9.77. The molecule has 2 nitrogen and oxygen atoms in total. The lowest BCUT2D eigenvalue weighted by molar-refractivity contribution is 0.232. The van der Waals surface area contributed by atoms with Gasteiger partial charge in [-0.3, -0.25) is 0 Å². The van der Waals surface area contributed by atoms with Crippen molar-refractivity contribution in [2.45, 2.75) is 32.7 Å². The molecule has 0 bridgehead atoms. The topological polar surface area (TPSA) is 46.2 Å². The van der Waals surface area contributed by atoms with Crippen molar-refractivity contribution in [1.29, 1.82) is 0 Å². The van der Waals surface area contributed by atoms with Gasteiger partial charge in [0.15, 0.2) is 0 Å². The Balaban J connectivity index is 2.99. The Labute approximate surface area is 92.1 Å². The average molecular weight is 207 g/mol. The first-order chi connectivity index (χ1) is 7.06. The van der Waals surface area contributed by atoms with Crippen LogP contribution in [0.2, 0.25) is 0 Å². The number of hydrogen-bond acceptors (Lipinski definition) is 2. The van der Waals surface area contributed by atoms with E-state index in [-0.39, 0.29) is 18.6 Å². The van der Waals surface area contributed by atoms with Gasteiger partial charge in [0.1, 0.15) is 0 Å². The van der Waals surface area contributed by atoms with Crippen LogP contribution in [-0.2, 0) is 0 Å². The molecule has 2 heteroatoms. The van der Waals surface area contributed by atoms with Crippen LogP contribution in [0.1, 0.15) is 30.9 Å². The van der Waals surface area contributed by atoms with Gasteiger partial charge in [0.05, 0.1) is 6.61 Å². The van der Waals surface area contributed by atoms with Gasteiger partial charge in [-0.15, -0.1) is 0 Å². The summed E-state index contributed by atoms with van der Waals surface area (Å²) in [5.41, 5.74) is 8.42. The molecule has 0 spiro atoms. The number of rotatable bonds is 4. The van der Waals surface area contributed by atoms with E-state index in [4.69, 9.17) is 10.8 Å². The van der Waals surface area contributed by atoms with Crippen molar-refractivity contribution in [3.05, 3.63) is 35.4 Å². The molecular formula is C13H21NO. The highest BCUT2D eigenvalue weighted by atomic mass is 16.3. The van der Waals surface area contributed by atoms with E-state index in [1.54, 1.807) is 0 Å². The summed E-state index contributed by atoms with van der Waals surface area (Å²) in [6.07, 6.45) is 0. The van der Waals surface area contributed by atoms with Crippen molar-refractivity contribution < 1.29 is 5.11 Å². The van der Waals surface area contributed by atoms with Gasteiger partial charge in [0.25, 0.3) is 0 Å². The summed E-state index contributed by atoms with van der Waals surface area (Å²) >= 11 is 0. The maximum absolute atomic E-state index is 9.16. The van der Waals surface area contributed by atoms with Crippen molar-refractivity contribution >= 4 is 0 Å². The molecule has 2 atom stereocenters. The van der Waals surface area contributed by atoms with E-state index >= 15 is 0 Å². The minimum Gasteiger partial charge on any atom is -0.395 e. The van der Waals surface area contributed by atoms with Crippen LogP contribution >= 0.6 is 0 Å². The normalized spacial score (nSPS) is 15.3. The molecule has 2 unspecified atom stereocenters. The molecule has 0 aromatic heterocycles. The molecule has 15 heavy (non-hydrogen) atoms. The molecule has 0 aliphatic rings. The van der Waals surface area contributed by atoms with Gasteiger partial charge in [0, 0.05) is 12.0 Å². The van der Waals surface area contributed by atoms with E-state index in [0.717, 1.165) is 0 Å². The first-order valence-electron chi connectivity index (χ1n) is 5.49. The number of aliphatic hydroxyl groups is 1. The first-order valence-corrected chi connectivity index (χ1v) is 5.49. The Morgan fingerprint density at radius 2 is 2.00 bits per heavy atom. The molecule has 0 heterocycles. The van der Waals surface area contributed by atoms with Gasteiger partial charge in [-0.2, -0.15) is 0 Å². The fourth-order valence-corrected chi connectivity index (χ4v) is 2.12. The summed E-state index contributed by atoms with van der Waals surface area (Å²) in [7, 11) is 0. The first kappa shape index (κ1) is 12.2. The molecular weight excluding hydrogens is 186 g/mol. The smallest absolute Gasteiger partial charge is 0.0588 e. The Morgan fingerprint density at radius 1 is 1.33 bits per heavy atom. The van der Waals surface area contributed by atoms with Crippen molar-refractivity contribution in [1.82, 2.24) is 0 Å². The molecule has 1 rings (SSSR count). The van der Waals surface area contributed by atoms with Crippen LogP contribution in [0.15, 0.2) is 24.3 Å². The van der Waals surface area contributed by atoms with Crippen LogP contribution in [-0.4, -0.2) is 17.8 Å². The van der Waals surface area contributed by atoms with E-state index in [1.807, 2.05) is 6.07 Å². The van der Waals surface area contributed by atoms with Crippen LogP contribution in [0.3, 0.4) is 0 Å². The predicted octanol–water partition coefficient (Wildman–Crippen LogP) is 2.05. The molecule has 1 aromatic carbocycles. The molecule has 3 N–H and O–H groups in total. The van der Waals surface area contributed by atoms with Gasteiger partial charge in [-0.25, -0.2) is 0 Å². The van der Waals surface area contributed by atoms with Gasteiger partial charge in [-0.05, 0) is 18.4 Å². The summed E-state index contributed by atoms with van der Waals surface area (Å²) in [4.78, 5) is 0. The van der Waals surface area contributed by atoms with Crippen LogP contribution < -0.4 is 5.73 Å². The van der Waals surface area contributed by atoms with Crippen LogP contribution in [0, 0.1) is 12.8 Å². The highest BCUT2D eigenvalue weighted by Gasteiger charge is 2.22. The largest absolute Gasteiger partial charge is 0.395 e. The summed E-state index contributed by atoms with van der Waals surface area (Å²) in [5, 5.41) is 9.16. The minimum atomic E-state index is -0.174. The highest BCUT2D eigenvalue weighted by Crippen LogP contribution is 2.27. The maximum atomic E-state index is 9.16. The van der Waals surface area contributed by atoms with E-state index < -0.39 is 0 Å². The molecule has 0 fully saturated rings. The molecule has 0 saturated heterocycles. The molecule has 0 saturated carbocycles. The number of hydrogen-bond donors (Lipinski definition) is 2. The predicted molar refractivity (Wildman–Crippen MR) is 63.8 cm³/mol. The van der Waals surface area contributed by atoms with Crippen molar-refractivity contribution in [2.24, 2.45) is 11.7 Å². The average Bonchev–Trinajstić information content (AvgIpc) is 2.17. The SMILES string of the molecule is Cc1cccc(C(C(C)C)C(N)CO)c1. The molecule has 84 valence electrons. The maximum Gasteiger partial charge on any atom is 0.0588 e. The van der Waals surface area contributed by atoms with Gasteiger partial charge in [0.2, 0.25) is 0 Å².